The highest BCUT2D eigenvalue weighted by Gasteiger charge is 2.29. The van der Waals surface area contributed by atoms with Crippen molar-refractivity contribution >= 4 is 27.5 Å². The van der Waals surface area contributed by atoms with Crippen molar-refractivity contribution in [2.24, 2.45) is 0 Å². The average Bonchev–Trinajstić information content (AvgIpc) is 2.33. The van der Waals surface area contributed by atoms with Gasteiger partial charge in [0.25, 0.3) is 0 Å². The van der Waals surface area contributed by atoms with Crippen LogP contribution in [-0.4, -0.2) is 5.11 Å². The molecule has 0 saturated carbocycles. The fourth-order valence-electron chi connectivity index (χ4n) is 1.81. The van der Waals surface area contributed by atoms with Crippen LogP contribution in [0.15, 0.2) is 46.9 Å². The molecule has 0 saturated heterocycles. The van der Waals surface area contributed by atoms with Crippen LogP contribution in [0.5, 0.6) is 0 Å². The van der Waals surface area contributed by atoms with Crippen molar-refractivity contribution in [3.63, 3.8) is 0 Å². The molecule has 4 heteroatoms. The predicted octanol–water partition coefficient (Wildman–Crippen LogP) is 4.50. The zero-order valence-electron chi connectivity index (χ0n) is 9.62. The molecule has 0 radical (unpaired) electrons. The Balaban J connectivity index is 2.54. The van der Waals surface area contributed by atoms with Crippen molar-refractivity contribution in [3.8, 4) is 0 Å². The minimum atomic E-state index is -1.40. The minimum absolute atomic E-state index is 0.221. The van der Waals surface area contributed by atoms with Crippen molar-refractivity contribution in [2.45, 2.75) is 12.5 Å². The molecule has 0 aliphatic heterocycles. The topological polar surface area (TPSA) is 20.2 Å². The van der Waals surface area contributed by atoms with Crippen LogP contribution in [0.4, 0.5) is 4.39 Å². The van der Waals surface area contributed by atoms with Crippen LogP contribution in [0.1, 0.15) is 18.1 Å². The minimum Gasteiger partial charge on any atom is -0.381 e. The lowest BCUT2D eigenvalue weighted by Gasteiger charge is -2.25. The van der Waals surface area contributed by atoms with Crippen molar-refractivity contribution < 1.29 is 9.50 Å². The van der Waals surface area contributed by atoms with Crippen molar-refractivity contribution in [1.29, 1.82) is 0 Å². The van der Waals surface area contributed by atoms with Crippen LogP contribution in [-0.2, 0) is 5.60 Å². The van der Waals surface area contributed by atoms with Gasteiger partial charge in [-0.25, -0.2) is 4.39 Å². The van der Waals surface area contributed by atoms with Crippen molar-refractivity contribution in [1.82, 2.24) is 0 Å². The largest absolute Gasteiger partial charge is 0.381 e. The number of benzene rings is 2. The van der Waals surface area contributed by atoms with Crippen LogP contribution in [0.25, 0.3) is 0 Å². The molecule has 2 aromatic carbocycles. The molecule has 0 heterocycles. The van der Waals surface area contributed by atoms with Crippen LogP contribution >= 0.6 is 27.5 Å². The number of hydrogen-bond donors (Lipinski definition) is 1. The second-order valence-electron chi connectivity index (χ2n) is 4.18. The van der Waals surface area contributed by atoms with E-state index in [9.17, 15) is 9.50 Å². The summed E-state index contributed by atoms with van der Waals surface area (Å²) in [7, 11) is 0. The smallest absolute Gasteiger partial charge is 0.143 e. The summed E-state index contributed by atoms with van der Waals surface area (Å²) in [5, 5.41) is 11.1. The third-order valence-corrected chi connectivity index (χ3v) is 3.75. The molecule has 94 valence electrons. The van der Waals surface area contributed by atoms with Crippen molar-refractivity contribution in [2.75, 3.05) is 0 Å². The summed E-state index contributed by atoms with van der Waals surface area (Å²) in [5.74, 6) is -0.461. The van der Waals surface area contributed by atoms with Gasteiger partial charge >= 0.3 is 0 Å². The lowest BCUT2D eigenvalue weighted by molar-refractivity contribution is 0.0978. The van der Waals surface area contributed by atoms with Gasteiger partial charge in [-0.1, -0.05) is 35.9 Å². The van der Waals surface area contributed by atoms with Gasteiger partial charge in [0, 0.05) is 10.6 Å². The number of hydrogen-bond acceptors (Lipinski definition) is 1. The van der Waals surface area contributed by atoms with Crippen molar-refractivity contribution in [3.05, 3.63) is 68.9 Å². The first kappa shape index (κ1) is 13.5. The molecule has 0 fully saturated rings. The molecule has 0 spiro atoms. The monoisotopic (exact) mass is 328 g/mol. The Labute approximate surface area is 118 Å². The zero-order chi connectivity index (χ0) is 13.3. The lowest BCUT2D eigenvalue weighted by Crippen LogP contribution is -2.24. The second-order valence-corrected chi connectivity index (χ2v) is 5.47. The summed E-state index contributed by atoms with van der Waals surface area (Å²) in [5.41, 5.74) is -0.596. The van der Waals surface area contributed by atoms with E-state index >= 15 is 0 Å². The van der Waals surface area contributed by atoms with E-state index in [0.29, 0.717) is 15.1 Å². The molecular weight excluding hydrogens is 319 g/mol. The van der Waals surface area contributed by atoms with Crippen LogP contribution < -0.4 is 0 Å². The van der Waals surface area contributed by atoms with Crippen LogP contribution in [0.2, 0.25) is 5.02 Å². The van der Waals surface area contributed by atoms with Gasteiger partial charge in [0.05, 0.1) is 4.47 Å². The van der Waals surface area contributed by atoms with E-state index in [4.69, 9.17) is 11.6 Å². The molecule has 1 nitrogen and oxygen atoms in total. The molecular formula is C14H11BrClFO. The number of aliphatic hydroxyl groups is 1. The molecule has 0 aromatic heterocycles. The fourth-order valence-corrected chi connectivity index (χ4v) is 2.30. The molecule has 0 aliphatic carbocycles. The SMILES string of the molecule is CC(O)(c1ccc(Cl)cc1)c1cccc(Br)c1F. The zero-order valence-corrected chi connectivity index (χ0v) is 12.0. The maximum atomic E-state index is 14.0. The number of halogens is 3. The van der Waals surface area contributed by atoms with Gasteiger partial charge in [0.1, 0.15) is 11.4 Å². The molecule has 1 atom stereocenters. The molecule has 1 N–H and O–H groups in total. The van der Waals surface area contributed by atoms with E-state index in [1.807, 2.05) is 0 Å². The van der Waals surface area contributed by atoms with E-state index in [1.54, 1.807) is 49.4 Å². The summed E-state index contributed by atoms with van der Waals surface area (Å²) in [6, 6.07) is 11.5. The van der Waals surface area contributed by atoms with E-state index < -0.39 is 11.4 Å². The highest BCUT2D eigenvalue weighted by Crippen LogP contribution is 2.33. The first-order valence-corrected chi connectivity index (χ1v) is 6.53. The Bertz CT molecular complexity index is 567. The van der Waals surface area contributed by atoms with E-state index in [0.717, 1.165) is 0 Å². The third-order valence-electron chi connectivity index (χ3n) is 2.88. The summed E-state index contributed by atoms with van der Waals surface area (Å²) in [6.07, 6.45) is 0. The second kappa shape index (κ2) is 5.00. The molecule has 1 unspecified atom stereocenters. The number of rotatable bonds is 2. The summed E-state index contributed by atoms with van der Waals surface area (Å²) >= 11 is 8.92. The molecule has 0 amide bonds. The van der Waals surface area contributed by atoms with Gasteiger partial charge in [-0.2, -0.15) is 0 Å². The van der Waals surface area contributed by atoms with Crippen LogP contribution in [0.3, 0.4) is 0 Å². The maximum absolute atomic E-state index is 14.0. The molecule has 0 bridgehead atoms. The normalized spacial score (nSPS) is 14.3. The van der Waals surface area contributed by atoms with Gasteiger partial charge in [0.15, 0.2) is 0 Å². The van der Waals surface area contributed by atoms with Gasteiger partial charge < -0.3 is 5.11 Å². The van der Waals surface area contributed by atoms with E-state index in [-0.39, 0.29) is 5.56 Å². The highest BCUT2D eigenvalue weighted by molar-refractivity contribution is 9.10. The third kappa shape index (κ3) is 2.44. The standard InChI is InChI=1S/C14H11BrClFO/c1-14(18,9-5-7-10(16)8-6-9)11-3-2-4-12(15)13(11)17/h2-8,18H,1H3. The Kier molecular flexibility index (Phi) is 3.76. The van der Waals surface area contributed by atoms with Crippen LogP contribution in [0, 0.1) is 5.82 Å². The maximum Gasteiger partial charge on any atom is 0.143 e. The van der Waals surface area contributed by atoms with E-state index in [2.05, 4.69) is 15.9 Å². The first-order chi connectivity index (χ1) is 8.43. The molecule has 0 aliphatic rings. The van der Waals surface area contributed by atoms with Gasteiger partial charge in [-0.15, -0.1) is 0 Å². The quantitative estimate of drug-likeness (QED) is 0.860. The Morgan fingerprint density at radius 2 is 1.78 bits per heavy atom. The Morgan fingerprint density at radius 3 is 2.39 bits per heavy atom. The Morgan fingerprint density at radius 1 is 1.17 bits per heavy atom. The van der Waals surface area contributed by atoms with Gasteiger partial charge in [-0.05, 0) is 46.6 Å². The average molecular weight is 330 g/mol. The van der Waals surface area contributed by atoms with Gasteiger partial charge in [0.2, 0.25) is 0 Å². The fraction of sp³-hybridized carbons (Fsp3) is 0.143. The lowest BCUT2D eigenvalue weighted by atomic mass is 9.88. The molecule has 18 heavy (non-hydrogen) atoms. The van der Waals surface area contributed by atoms with Gasteiger partial charge in [-0.3, -0.25) is 0 Å². The first-order valence-electron chi connectivity index (χ1n) is 5.36. The summed E-state index contributed by atoms with van der Waals surface area (Å²) in [4.78, 5) is 0. The Hall–Kier alpha value is -0.900. The predicted molar refractivity (Wildman–Crippen MR) is 74.2 cm³/mol. The summed E-state index contributed by atoms with van der Waals surface area (Å²) < 4.78 is 14.4. The molecule has 2 rings (SSSR count). The molecule has 2 aromatic rings. The highest BCUT2D eigenvalue weighted by atomic mass is 79.9. The van der Waals surface area contributed by atoms with E-state index in [1.165, 1.54) is 0 Å². The summed E-state index contributed by atoms with van der Waals surface area (Å²) in [6.45, 7) is 1.56.